The van der Waals surface area contributed by atoms with Crippen LogP contribution in [-0.2, 0) is 0 Å². The van der Waals surface area contributed by atoms with Gasteiger partial charge in [0, 0.05) is 0 Å². The molecule has 0 bridgehead atoms. The minimum atomic E-state index is 0.0980. The van der Waals surface area contributed by atoms with Crippen LogP contribution in [-0.4, -0.2) is 29.9 Å². The van der Waals surface area contributed by atoms with Crippen molar-refractivity contribution in [2.75, 3.05) is 0 Å². The average molecular weight is 364 g/mol. The summed E-state index contributed by atoms with van der Waals surface area (Å²) in [5.74, 6) is 0. The van der Waals surface area contributed by atoms with Crippen molar-refractivity contribution in [3.05, 3.63) is 0 Å². The summed E-state index contributed by atoms with van der Waals surface area (Å²) in [5.41, 5.74) is 0. The molecular formula is C13H22N2Se2. The molecule has 0 rings (SSSR count). The number of nitriles is 2. The van der Waals surface area contributed by atoms with E-state index in [4.69, 9.17) is 10.5 Å². The molecule has 2 nitrogen and oxygen atoms in total. The molecule has 0 radical (unpaired) electrons. The third kappa shape index (κ3) is 12.3. The fraction of sp³-hybridized carbons (Fsp3) is 0.846. The topological polar surface area (TPSA) is 47.6 Å². The average Bonchev–Trinajstić information content (AvgIpc) is 2.34. The number of unbranched alkanes of at least 4 members (excludes halogenated alkanes) is 6. The molecule has 0 aliphatic heterocycles. The van der Waals surface area contributed by atoms with E-state index in [1.54, 1.807) is 0 Å². The maximum absolute atomic E-state index is 8.74. The molecule has 0 heterocycles. The maximum atomic E-state index is 8.74. The summed E-state index contributed by atoms with van der Waals surface area (Å²) in [6.07, 6.45) is 10.5. The van der Waals surface area contributed by atoms with Crippen molar-refractivity contribution in [3.8, 4) is 9.94 Å². The molecule has 0 fully saturated rings. The van der Waals surface area contributed by atoms with Crippen LogP contribution in [0.15, 0.2) is 0 Å². The molecule has 1 unspecified atom stereocenters. The van der Waals surface area contributed by atoms with Gasteiger partial charge in [0.15, 0.2) is 0 Å². The number of hydrogen-bond donors (Lipinski definition) is 0. The zero-order valence-electron chi connectivity index (χ0n) is 10.7. The Bertz CT molecular complexity index is 243. The Morgan fingerprint density at radius 1 is 0.941 bits per heavy atom. The predicted octanol–water partition coefficient (Wildman–Crippen LogP) is 3.70. The van der Waals surface area contributed by atoms with E-state index >= 15 is 0 Å². The first kappa shape index (κ1) is 17.0. The molecule has 1 atom stereocenters. The zero-order valence-corrected chi connectivity index (χ0v) is 14.1. The van der Waals surface area contributed by atoms with Gasteiger partial charge in [0.1, 0.15) is 0 Å². The van der Waals surface area contributed by atoms with Gasteiger partial charge in [-0.25, -0.2) is 0 Å². The summed E-state index contributed by atoms with van der Waals surface area (Å²) in [4.78, 5) is 5.10. The van der Waals surface area contributed by atoms with Gasteiger partial charge in [-0.05, 0) is 0 Å². The van der Waals surface area contributed by atoms with E-state index < -0.39 is 0 Å². The molecule has 0 N–H and O–H groups in total. The standard InChI is InChI=1S/C13H22N2Se2/c1-2-3-4-5-6-7-8-9-13(17-12-15)10-16-11-14/h13H,2-10H2,1H3. The Hall–Kier alpha value is 0.0190. The van der Waals surface area contributed by atoms with E-state index in [0.29, 0.717) is 4.82 Å². The van der Waals surface area contributed by atoms with Crippen LogP contribution >= 0.6 is 0 Å². The molecule has 0 spiro atoms. The molecule has 0 aromatic rings. The summed E-state index contributed by atoms with van der Waals surface area (Å²) >= 11 is 0.200. The molecule has 0 saturated carbocycles. The Balaban J connectivity index is 3.41. The molecule has 0 amide bonds. The first-order chi connectivity index (χ1) is 8.35. The molecule has 0 saturated heterocycles. The van der Waals surface area contributed by atoms with Crippen LogP contribution in [0.2, 0.25) is 10.1 Å². The van der Waals surface area contributed by atoms with Gasteiger partial charge in [-0.3, -0.25) is 0 Å². The third-order valence-corrected chi connectivity index (χ3v) is 6.98. The first-order valence-electron chi connectivity index (χ1n) is 6.40. The van der Waals surface area contributed by atoms with E-state index in [2.05, 4.69) is 16.9 Å². The summed E-state index contributed by atoms with van der Waals surface area (Å²) in [6.45, 7) is 2.24. The van der Waals surface area contributed by atoms with Crippen LogP contribution in [0.4, 0.5) is 0 Å². The van der Waals surface area contributed by atoms with Crippen molar-refractivity contribution in [2.24, 2.45) is 0 Å². The third-order valence-electron chi connectivity index (χ3n) is 2.68. The quantitative estimate of drug-likeness (QED) is 0.415. The zero-order chi connectivity index (χ0) is 12.8. The van der Waals surface area contributed by atoms with Gasteiger partial charge in [0.2, 0.25) is 0 Å². The fourth-order valence-electron chi connectivity index (χ4n) is 1.71. The normalized spacial score (nSPS) is 11.7. The number of hydrogen-bond acceptors (Lipinski definition) is 2. The van der Waals surface area contributed by atoms with E-state index in [-0.39, 0.29) is 29.9 Å². The van der Waals surface area contributed by atoms with Crippen molar-refractivity contribution in [1.82, 2.24) is 0 Å². The minimum absolute atomic E-state index is 0.0980. The van der Waals surface area contributed by atoms with E-state index in [0.717, 1.165) is 5.32 Å². The number of nitrogens with zero attached hydrogens (tertiary/aromatic N) is 2. The first-order valence-corrected chi connectivity index (χ1v) is 10.3. The number of rotatable bonds is 11. The second-order valence-electron chi connectivity index (χ2n) is 4.14. The molecule has 0 aliphatic carbocycles. The van der Waals surface area contributed by atoms with Crippen LogP contribution in [0, 0.1) is 20.5 Å². The Morgan fingerprint density at radius 3 is 2.18 bits per heavy atom. The Morgan fingerprint density at radius 2 is 1.59 bits per heavy atom. The van der Waals surface area contributed by atoms with Crippen molar-refractivity contribution in [1.29, 1.82) is 10.5 Å². The van der Waals surface area contributed by atoms with Gasteiger partial charge in [0.25, 0.3) is 0 Å². The summed E-state index contributed by atoms with van der Waals surface area (Å²) < 4.78 is 0. The molecule has 0 aromatic carbocycles. The van der Waals surface area contributed by atoms with Gasteiger partial charge in [-0.15, -0.1) is 0 Å². The van der Waals surface area contributed by atoms with Crippen molar-refractivity contribution in [3.63, 3.8) is 0 Å². The predicted molar refractivity (Wildman–Crippen MR) is 73.9 cm³/mol. The Labute approximate surface area is 118 Å². The van der Waals surface area contributed by atoms with Crippen LogP contribution in [0.3, 0.4) is 0 Å². The van der Waals surface area contributed by atoms with Crippen LogP contribution < -0.4 is 0 Å². The second kappa shape index (κ2) is 14.1. The molecule has 17 heavy (non-hydrogen) atoms. The van der Waals surface area contributed by atoms with Gasteiger partial charge in [0.05, 0.1) is 0 Å². The molecule has 96 valence electrons. The molecule has 0 aromatic heterocycles. The van der Waals surface area contributed by atoms with Gasteiger partial charge < -0.3 is 0 Å². The summed E-state index contributed by atoms with van der Waals surface area (Å²) in [6, 6.07) is 0. The molecular weight excluding hydrogens is 342 g/mol. The van der Waals surface area contributed by atoms with Crippen molar-refractivity contribution < 1.29 is 0 Å². The Kier molecular flexibility index (Phi) is 14.1. The van der Waals surface area contributed by atoms with E-state index in [1.807, 2.05) is 0 Å². The van der Waals surface area contributed by atoms with Crippen molar-refractivity contribution in [2.45, 2.75) is 68.4 Å². The summed E-state index contributed by atoms with van der Waals surface area (Å²) in [5, 5.41) is 18.3. The molecule has 4 heteroatoms. The molecule has 0 aliphatic rings. The second-order valence-corrected chi connectivity index (χ2v) is 8.11. The summed E-state index contributed by atoms with van der Waals surface area (Å²) in [7, 11) is 0. The van der Waals surface area contributed by atoms with E-state index in [9.17, 15) is 0 Å². The van der Waals surface area contributed by atoms with E-state index in [1.165, 1.54) is 51.4 Å². The van der Waals surface area contributed by atoms with Gasteiger partial charge in [-0.2, -0.15) is 0 Å². The monoisotopic (exact) mass is 366 g/mol. The SMILES string of the molecule is CCCCCCCCCC(C[Se]C#N)[Se]C#N. The fourth-order valence-corrected chi connectivity index (χ4v) is 5.14. The van der Waals surface area contributed by atoms with Crippen LogP contribution in [0.1, 0.15) is 58.3 Å². The van der Waals surface area contributed by atoms with Gasteiger partial charge >= 0.3 is 119 Å². The van der Waals surface area contributed by atoms with Gasteiger partial charge in [-0.1, -0.05) is 0 Å². The van der Waals surface area contributed by atoms with Crippen molar-refractivity contribution >= 4 is 29.9 Å². The van der Waals surface area contributed by atoms with Crippen LogP contribution in [0.5, 0.6) is 0 Å². The van der Waals surface area contributed by atoms with Crippen LogP contribution in [0.25, 0.3) is 0 Å².